The highest BCUT2D eigenvalue weighted by Gasteiger charge is 2.35. The lowest BCUT2D eigenvalue weighted by molar-refractivity contribution is 0.231. The zero-order chi connectivity index (χ0) is 14.8. The third-order valence-corrected chi connectivity index (χ3v) is 5.57. The lowest BCUT2D eigenvalue weighted by Gasteiger charge is -2.34. The molecule has 3 atom stereocenters. The molecule has 0 radical (unpaired) electrons. The van der Waals surface area contributed by atoms with E-state index in [2.05, 4.69) is 31.3 Å². The Hall–Kier alpha value is -0.530. The molecule has 0 bridgehead atoms. The van der Waals surface area contributed by atoms with Crippen molar-refractivity contribution < 1.29 is 0 Å². The van der Waals surface area contributed by atoms with E-state index in [1.54, 1.807) is 0 Å². The Balaban J connectivity index is 1.65. The summed E-state index contributed by atoms with van der Waals surface area (Å²) in [4.78, 5) is 0. The summed E-state index contributed by atoms with van der Waals surface area (Å²) in [6.45, 7) is 4.63. The van der Waals surface area contributed by atoms with Crippen LogP contribution in [0.15, 0.2) is 24.3 Å². The first-order chi connectivity index (χ1) is 10.1. The van der Waals surface area contributed by atoms with Crippen LogP contribution in [-0.4, -0.2) is 6.04 Å². The minimum atomic E-state index is 0.449. The van der Waals surface area contributed by atoms with Crippen molar-refractivity contribution in [2.24, 2.45) is 17.8 Å². The van der Waals surface area contributed by atoms with Crippen LogP contribution in [-0.2, 0) is 0 Å². The summed E-state index contributed by atoms with van der Waals surface area (Å²) in [7, 11) is 0. The van der Waals surface area contributed by atoms with E-state index in [9.17, 15) is 0 Å². The molecule has 0 spiro atoms. The Morgan fingerprint density at radius 3 is 2.33 bits per heavy atom. The number of hydrogen-bond donors (Lipinski definition) is 1. The second kappa shape index (κ2) is 6.71. The van der Waals surface area contributed by atoms with E-state index in [1.165, 1.54) is 44.1 Å². The molecule has 0 amide bonds. The largest absolute Gasteiger partial charge is 0.307 e. The van der Waals surface area contributed by atoms with Gasteiger partial charge in [-0.2, -0.15) is 0 Å². The van der Waals surface area contributed by atoms with Crippen molar-refractivity contribution in [1.29, 1.82) is 0 Å². The Labute approximate surface area is 134 Å². The zero-order valence-electron chi connectivity index (χ0n) is 13.3. The van der Waals surface area contributed by atoms with Gasteiger partial charge in [0.1, 0.15) is 0 Å². The van der Waals surface area contributed by atoms with Crippen molar-refractivity contribution >= 4 is 11.6 Å². The van der Waals surface area contributed by atoms with Gasteiger partial charge in [0.25, 0.3) is 0 Å². The van der Waals surface area contributed by atoms with Crippen LogP contribution in [0, 0.1) is 17.8 Å². The van der Waals surface area contributed by atoms with Crippen molar-refractivity contribution in [3.63, 3.8) is 0 Å². The molecule has 1 nitrogen and oxygen atoms in total. The standard InChI is InChI=1S/C19H28ClN/c1-13(2)19(15-8-10-17(20)11-9-15)21-18-5-3-4-16(12-18)14-6-7-14/h8-11,13-14,16,18-19,21H,3-7,12H2,1-2H3. The molecule has 1 N–H and O–H groups in total. The van der Waals surface area contributed by atoms with E-state index in [-0.39, 0.29) is 0 Å². The van der Waals surface area contributed by atoms with Crippen LogP contribution >= 0.6 is 11.6 Å². The topological polar surface area (TPSA) is 12.0 Å². The molecule has 0 aromatic heterocycles. The van der Waals surface area contributed by atoms with Crippen molar-refractivity contribution in [1.82, 2.24) is 5.32 Å². The predicted molar refractivity (Wildman–Crippen MR) is 90.6 cm³/mol. The van der Waals surface area contributed by atoms with Crippen molar-refractivity contribution in [3.8, 4) is 0 Å². The van der Waals surface area contributed by atoms with E-state index in [0.717, 1.165) is 16.9 Å². The van der Waals surface area contributed by atoms with Crippen LogP contribution in [0.5, 0.6) is 0 Å². The monoisotopic (exact) mass is 305 g/mol. The first kappa shape index (κ1) is 15.4. The van der Waals surface area contributed by atoms with E-state index in [4.69, 9.17) is 11.6 Å². The Morgan fingerprint density at radius 1 is 1.00 bits per heavy atom. The normalized spacial score (nSPS) is 27.8. The average molecular weight is 306 g/mol. The molecule has 2 saturated carbocycles. The highest BCUT2D eigenvalue weighted by atomic mass is 35.5. The number of hydrogen-bond acceptors (Lipinski definition) is 1. The fraction of sp³-hybridized carbons (Fsp3) is 0.684. The maximum absolute atomic E-state index is 6.03. The first-order valence-corrected chi connectivity index (χ1v) is 9.03. The van der Waals surface area contributed by atoms with Crippen molar-refractivity contribution in [3.05, 3.63) is 34.9 Å². The maximum Gasteiger partial charge on any atom is 0.0406 e. The van der Waals surface area contributed by atoms with Crippen molar-refractivity contribution in [2.45, 2.75) is 64.5 Å². The summed E-state index contributed by atoms with van der Waals surface area (Å²) in [6.07, 6.45) is 8.59. The Morgan fingerprint density at radius 2 is 1.71 bits per heavy atom. The molecular formula is C19H28ClN. The third kappa shape index (κ3) is 4.02. The third-order valence-electron chi connectivity index (χ3n) is 5.31. The lowest BCUT2D eigenvalue weighted by atomic mass is 9.81. The molecule has 3 unspecified atom stereocenters. The fourth-order valence-electron chi connectivity index (χ4n) is 3.97. The number of rotatable bonds is 5. The van der Waals surface area contributed by atoms with E-state index in [1.807, 2.05) is 12.1 Å². The van der Waals surface area contributed by atoms with Crippen LogP contribution in [0.3, 0.4) is 0 Å². The van der Waals surface area contributed by atoms with Crippen LogP contribution in [0.2, 0.25) is 5.02 Å². The summed E-state index contributed by atoms with van der Waals surface area (Å²) in [5.41, 5.74) is 1.38. The molecule has 2 aliphatic rings. The van der Waals surface area contributed by atoms with Gasteiger partial charge in [-0.15, -0.1) is 0 Å². The minimum Gasteiger partial charge on any atom is -0.307 e. The van der Waals surface area contributed by atoms with Gasteiger partial charge in [-0.1, -0.05) is 50.4 Å². The molecule has 1 aromatic rings. The summed E-state index contributed by atoms with van der Waals surface area (Å²) in [5.74, 6) is 2.66. The van der Waals surface area contributed by atoms with Gasteiger partial charge in [-0.05, 0) is 61.1 Å². The smallest absolute Gasteiger partial charge is 0.0406 e. The fourth-order valence-corrected chi connectivity index (χ4v) is 4.10. The van der Waals surface area contributed by atoms with Gasteiger partial charge < -0.3 is 5.32 Å². The van der Waals surface area contributed by atoms with Gasteiger partial charge in [-0.25, -0.2) is 0 Å². The van der Waals surface area contributed by atoms with E-state index < -0.39 is 0 Å². The molecule has 2 heteroatoms. The quantitative estimate of drug-likeness (QED) is 0.747. The molecule has 3 rings (SSSR count). The van der Waals surface area contributed by atoms with Gasteiger partial charge in [-0.3, -0.25) is 0 Å². The number of halogens is 1. The molecule has 0 saturated heterocycles. The minimum absolute atomic E-state index is 0.449. The molecule has 21 heavy (non-hydrogen) atoms. The number of nitrogens with one attached hydrogen (secondary N) is 1. The molecule has 116 valence electrons. The Kier molecular flexibility index (Phi) is 4.91. The van der Waals surface area contributed by atoms with Crippen LogP contribution in [0.4, 0.5) is 0 Å². The van der Waals surface area contributed by atoms with Gasteiger partial charge in [0, 0.05) is 17.1 Å². The van der Waals surface area contributed by atoms with Crippen LogP contribution in [0.25, 0.3) is 0 Å². The average Bonchev–Trinajstić information content (AvgIpc) is 3.31. The molecule has 0 aliphatic heterocycles. The maximum atomic E-state index is 6.03. The van der Waals surface area contributed by atoms with Crippen LogP contribution in [0.1, 0.15) is 64.0 Å². The van der Waals surface area contributed by atoms with Crippen molar-refractivity contribution in [2.75, 3.05) is 0 Å². The summed E-state index contributed by atoms with van der Waals surface area (Å²) < 4.78 is 0. The zero-order valence-corrected chi connectivity index (χ0v) is 14.1. The first-order valence-electron chi connectivity index (χ1n) is 8.65. The molecule has 1 aromatic carbocycles. The SMILES string of the molecule is CC(C)C(NC1CCCC(C2CC2)C1)c1ccc(Cl)cc1. The molecule has 0 heterocycles. The predicted octanol–water partition coefficient (Wildman–Crippen LogP) is 5.60. The summed E-state index contributed by atoms with van der Waals surface area (Å²) in [6, 6.07) is 9.55. The highest BCUT2D eigenvalue weighted by Crippen LogP contribution is 2.44. The van der Waals surface area contributed by atoms with Gasteiger partial charge in [0.2, 0.25) is 0 Å². The summed E-state index contributed by atoms with van der Waals surface area (Å²) in [5, 5.41) is 4.79. The van der Waals surface area contributed by atoms with E-state index in [0.29, 0.717) is 18.0 Å². The highest BCUT2D eigenvalue weighted by molar-refractivity contribution is 6.30. The lowest BCUT2D eigenvalue weighted by Crippen LogP contribution is -2.39. The van der Waals surface area contributed by atoms with Gasteiger partial charge in [0.05, 0.1) is 0 Å². The van der Waals surface area contributed by atoms with Gasteiger partial charge in [0.15, 0.2) is 0 Å². The second-order valence-electron chi connectivity index (χ2n) is 7.40. The van der Waals surface area contributed by atoms with E-state index >= 15 is 0 Å². The molecule has 2 fully saturated rings. The molecule has 2 aliphatic carbocycles. The van der Waals surface area contributed by atoms with Crippen LogP contribution < -0.4 is 5.32 Å². The van der Waals surface area contributed by atoms with Gasteiger partial charge >= 0.3 is 0 Å². The number of benzene rings is 1. The second-order valence-corrected chi connectivity index (χ2v) is 7.84. The molecular weight excluding hydrogens is 278 g/mol. The summed E-state index contributed by atoms with van der Waals surface area (Å²) >= 11 is 6.03. The Bertz CT molecular complexity index is 449.